The van der Waals surface area contributed by atoms with Crippen LogP contribution >= 0.6 is 15.4 Å². The van der Waals surface area contributed by atoms with Gasteiger partial charge in [-0.25, -0.2) is 4.57 Å². The summed E-state index contributed by atoms with van der Waals surface area (Å²) in [5.74, 6) is -4.32. The fourth-order valence-electron chi connectivity index (χ4n) is 14.4. The Morgan fingerprint density at radius 1 is 0.398 bits per heavy atom. The largest absolute Gasteiger partial charge is 0.470 e. The van der Waals surface area contributed by atoms with Crippen molar-refractivity contribution in [3.05, 3.63) is 0 Å². The van der Waals surface area contributed by atoms with Crippen molar-refractivity contribution in [2.45, 2.75) is 467 Å². The maximum absolute atomic E-state index is 14.7. The molecule has 2 aliphatic rings. The molecule has 0 aliphatic carbocycles. The van der Waals surface area contributed by atoms with Gasteiger partial charge in [-0.15, -0.1) is 0 Å². The van der Waals surface area contributed by atoms with Gasteiger partial charge in [0.05, 0.1) is 57.2 Å². The number of aliphatic hydroxyl groups excluding tert-OH is 5. The predicted octanol–water partition coefficient (Wildman–Crippen LogP) is 16.1. The topological polar surface area (TPSA) is 379 Å². The standard InChI is InChI=1S/C81H154N2O23P2/c1-7-12-17-22-27-32-37-42-47-52-63(85)57-69(88)82-74-78(103-72(91)59-65(87)54-49-44-39-34-29-24-19-14-9-3)76(93)68(102-81(74)106-107(6,94)95)62-99-80-75(83-70(89)58-64(86)53-48-43-38-33-28-23-18-13-8-2)79(77(67(61-84)101-80)105-108(96,97)98)104-73(92)60-66(55-50-45-40-35-30-25-20-15-10-4)100-71(90)56-51-46-41-36-31-26-21-16-11-5/h63-68,74-81,84-87,93H,7-62H2,1-6H3,(H,82,88)(H,83,89)(H,94,95)(H2,96,97,98)/t63-,64-,65-,66-,67?,68?,74+,75+,76-,77-,78?,79?,80-,81-/m1/s1. The zero-order chi connectivity index (χ0) is 79.6. The van der Waals surface area contributed by atoms with Crippen molar-refractivity contribution < 1.29 is 111 Å². The third-order valence-corrected chi connectivity index (χ3v) is 21.8. The molecule has 15 atom stereocenters. The summed E-state index contributed by atoms with van der Waals surface area (Å²) in [6.45, 7) is 9.68. The SMILES string of the molecule is CCCCCCCCCCCC(=O)O[C@H](CCCCCCCCCCC)CC(=O)OC1[C@H](OP(=O)(O)O)C(CO)O[C@@H](OCC2O[C@H](OP(C)(=O)O)[C@@H](NC(=O)C[C@H](O)CCCCCCCCCCC)C(OC(=O)C[C@H](O)CCCCCCCCCCC)[C@@H]2O)[C@H]1NC(=O)C[C@H](O)CCCCCCCCCCC. The van der Waals surface area contributed by atoms with Crippen LogP contribution in [0.4, 0.5) is 0 Å². The number of hydrogen-bond donors (Lipinski definition) is 10. The van der Waals surface area contributed by atoms with Crippen molar-refractivity contribution in [3.8, 4) is 0 Å². The molecule has 0 spiro atoms. The van der Waals surface area contributed by atoms with E-state index >= 15 is 0 Å². The molecule has 25 nitrogen and oxygen atoms in total. The first-order valence-electron chi connectivity index (χ1n) is 43.0. The van der Waals surface area contributed by atoms with Gasteiger partial charge in [-0.2, -0.15) is 0 Å². The summed E-state index contributed by atoms with van der Waals surface area (Å²) in [4.78, 5) is 102. The number of phosphoric acid groups is 1. The maximum atomic E-state index is 14.7. The summed E-state index contributed by atoms with van der Waals surface area (Å²) in [6, 6.07) is -3.60. The Labute approximate surface area is 650 Å². The number of ether oxygens (including phenoxy) is 6. The zero-order valence-electron chi connectivity index (χ0n) is 67.8. The van der Waals surface area contributed by atoms with E-state index in [4.69, 9.17) is 37.5 Å². The molecule has 0 saturated carbocycles. The molecule has 10 N–H and O–H groups in total. The Bertz CT molecular complexity index is 2370. The highest BCUT2D eigenvalue weighted by molar-refractivity contribution is 7.51. The zero-order valence-corrected chi connectivity index (χ0v) is 69.6. The van der Waals surface area contributed by atoms with Gasteiger partial charge in [0.25, 0.3) is 0 Å². The number of amides is 2. The second kappa shape index (κ2) is 63.6. The Kier molecular flexibility index (Phi) is 59.7. The molecule has 2 saturated heterocycles. The van der Waals surface area contributed by atoms with Gasteiger partial charge >= 0.3 is 33.3 Å². The molecule has 636 valence electrons. The van der Waals surface area contributed by atoms with E-state index in [1.165, 1.54) is 57.8 Å². The van der Waals surface area contributed by atoms with Crippen molar-refractivity contribution in [3.63, 3.8) is 0 Å². The van der Waals surface area contributed by atoms with Gasteiger partial charge < -0.3 is 79.3 Å². The van der Waals surface area contributed by atoms with E-state index in [9.17, 15) is 73.3 Å². The lowest BCUT2D eigenvalue weighted by molar-refractivity contribution is -0.296. The van der Waals surface area contributed by atoms with Gasteiger partial charge in [-0.05, 0) is 38.5 Å². The molecule has 108 heavy (non-hydrogen) atoms. The second-order valence-corrected chi connectivity index (χ2v) is 34.1. The van der Waals surface area contributed by atoms with Gasteiger partial charge in [0, 0.05) is 13.1 Å². The number of unbranched alkanes of at least 4 members (excludes halogenated alkanes) is 40. The highest BCUT2D eigenvalue weighted by Gasteiger charge is 2.55. The average Bonchev–Trinajstić information content (AvgIpc) is 0.780. The van der Waals surface area contributed by atoms with Crippen LogP contribution in [-0.2, 0) is 70.6 Å². The Morgan fingerprint density at radius 3 is 1.11 bits per heavy atom. The van der Waals surface area contributed by atoms with Crippen LogP contribution < -0.4 is 10.6 Å². The van der Waals surface area contributed by atoms with E-state index in [-0.39, 0.29) is 32.1 Å². The Hall–Kier alpha value is -2.71. The first-order valence-corrected chi connectivity index (χ1v) is 46.6. The fourth-order valence-corrected chi connectivity index (χ4v) is 15.5. The molecule has 5 unspecified atom stereocenters. The van der Waals surface area contributed by atoms with Crippen molar-refractivity contribution in [2.24, 2.45) is 0 Å². The number of phosphoric ester groups is 1. The summed E-state index contributed by atoms with van der Waals surface area (Å²) in [6.07, 6.45) is 24.4. The molecular formula is C81H154N2O23P2. The number of rotatable bonds is 71. The van der Waals surface area contributed by atoms with E-state index in [0.717, 1.165) is 206 Å². The van der Waals surface area contributed by atoms with E-state index in [1.807, 2.05) is 0 Å². The van der Waals surface area contributed by atoms with Gasteiger partial charge in [-0.3, -0.25) is 37.6 Å². The Morgan fingerprint density at radius 2 is 0.731 bits per heavy atom. The number of carbonyl (C=O) groups is 5. The van der Waals surface area contributed by atoms with Gasteiger partial charge in [0.2, 0.25) is 11.8 Å². The lowest BCUT2D eigenvalue weighted by Gasteiger charge is -2.47. The van der Waals surface area contributed by atoms with E-state index < -0.39 is 170 Å². The molecular weight excluding hydrogens is 1430 g/mol. The van der Waals surface area contributed by atoms with E-state index in [2.05, 4.69) is 45.3 Å². The highest BCUT2D eigenvalue weighted by atomic mass is 31.2. The van der Waals surface area contributed by atoms with Crippen LogP contribution in [0, 0.1) is 0 Å². The van der Waals surface area contributed by atoms with Crippen molar-refractivity contribution in [1.82, 2.24) is 10.6 Å². The van der Waals surface area contributed by atoms with Crippen LogP contribution in [0.15, 0.2) is 0 Å². The maximum Gasteiger partial charge on any atom is 0.470 e. The fraction of sp³-hybridized carbons (Fsp3) is 0.938. The van der Waals surface area contributed by atoms with Crippen LogP contribution in [-0.4, -0.2) is 176 Å². The van der Waals surface area contributed by atoms with Crippen molar-refractivity contribution in [2.75, 3.05) is 19.9 Å². The molecule has 2 heterocycles. The smallest absolute Gasteiger partial charge is 0.462 e. The number of esters is 3. The molecule has 2 fully saturated rings. The summed E-state index contributed by atoms with van der Waals surface area (Å²) in [5.41, 5.74) is 0. The summed E-state index contributed by atoms with van der Waals surface area (Å²) in [5, 5.41) is 62.3. The summed E-state index contributed by atoms with van der Waals surface area (Å²) in [7, 11) is -10.3. The van der Waals surface area contributed by atoms with Crippen molar-refractivity contribution >= 4 is 45.1 Å². The van der Waals surface area contributed by atoms with Crippen LogP contribution in [0.5, 0.6) is 0 Å². The van der Waals surface area contributed by atoms with Crippen LogP contribution in [0.3, 0.4) is 0 Å². The summed E-state index contributed by atoms with van der Waals surface area (Å²) < 4.78 is 74.0. The predicted molar refractivity (Wildman–Crippen MR) is 419 cm³/mol. The number of hydrogen-bond acceptors (Lipinski definition) is 20. The molecule has 0 bridgehead atoms. The number of aliphatic hydroxyl groups is 5. The monoisotopic (exact) mass is 1590 g/mol. The molecule has 27 heteroatoms. The lowest BCUT2D eigenvalue weighted by Crippen LogP contribution is -2.68. The third-order valence-electron chi connectivity index (χ3n) is 20.6. The Balaban J connectivity index is 2.68. The van der Waals surface area contributed by atoms with E-state index in [0.29, 0.717) is 32.1 Å². The highest BCUT2D eigenvalue weighted by Crippen LogP contribution is 2.44. The third kappa shape index (κ3) is 51.2. The molecule has 0 aromatic rings. The minimum absolute atomic E-state index is 0.0995. The van der Waals surface area contributed by atoms with Crippen molar-refractivity contribution in [1.29, 1.82) is 0 Å². The van der Waals surface area contributed by atoms with Crippen LogP contribution in [0.1, 0.15) is 381 Å². The molecule has 0 radical (unpaired) electrons. The average molecular weight is 1590 g/mol. The van der Waals surface area contributed by atoms with Gasteiger partial charge in [0.15, 0.2) is 24.8 Å². The minimum atomic E-state index is -5.61. The van der Waals surface area contributed by atoms with Crippen LogP contribution in [0.25, 0.3) is 0 Å². The normalized spacial score (nSPS) is 22.1. The number of carbonyl (C=O) groups excluding carboxylic acids is 5. The number of nitrogens with one attached hydrogen (secondary N) is 2. The van der Waals surface area contributed by atoms with Crippen LogP contribution in [0.2, 0.25) is 0 Å². The molecule has 0 aromatic carbocycles. The lowest BCUT2D eigenvalue weighted by atomic mass is 9.95. The van der Waals surface area contributed by atoms with E-state index in [1.54, 1.807) is 0 Å². The first kappa shape index (κ1) is 101. The summed E-state index contributed by atoms with van der Waals surface area (Å²) >= 11 is 0. The molecule has 2 aliphatic heterocycles. The first-order chi connectivity index (χ1) is 51.9. The molecule has 2 amide bonds. The van der Waals surface area contributed by atoms with Gasteiger partial charge in [0.1, 0.15) is 42.6 Å². The second-order valence-electron chi connectivity index (χ2n) is 31.1. The van der Waals surface area contributed by atoms with Gasteiger partial charge in [-0.1, -0.05) is 311 Å². The quantitative estimate of drug-likeness (QED) is 0.0117. The minimum Gasteiger partial charge on any atom is -0.462 e. The molecule has 2 rings (SSSR count). The molecule has 0 aromatic heterocycles.